The smallest absolute Gasteiger partial charge is 0.227 e. The number of fused-ring (bicyclic) bond motifs is 1. The highest BCUT2D eigenvalue weighted by Crippen LogP contribution is 2.35. The summed E-state index contributed by atoms with van der Waals surface area (Å²) < 4.78 is 0. The van der Waals surface area contributed by atoms with Crippen molar-refractivity contribution in [3.05, 3.63) is 35.4 Å². The molecule has 0 spiro atoms. The van der Waals surface area contributed by atoms with E-state index in [0.29, 0.717) is 0 Å². The van der Waals surface area contributed by atoms with Crippen LogP contribution in [0.5, 0.6) is 0 Å². The second-order valence-electron chi connectivity index (χ2n) is 5.35. The molecule has 1 aromatic rings. The molecule has 0 saturated heterocycles. The number of benzene rings is 1. The number of hydrogen-bond donors (Lipinski definition) is 1. The van der Waals surface area contributed by atoms with Gasteiger partial charge in [-0.3, -0.25) is 4.79 Å². The Morgan fingerprint density at radius 3 is 2.63 bits per heavy atom. The maximum Gasteiger partial charge on any atom is 0.227 e. The van der Waals surface area contributed by atoms with E-state index in [1.54, 1.807) is 0 Å². The fraction of sp³-hybridized carbons (Fsp3) is 0.533. The Kier molecular flexibility index (Phi) is 5.39. The maximum atomic E-state index is 12.3. The van der Waals surface area contributed by atoms with E-state index >= 15 is 0 Å². The van der Waals surface area contributed by atoms with Gasteiger partial charge in [-0.05, 0) is 30.9 Å². The summed E-state index contributed by atoms with van der Waals surface area (Å²) in [4.78, 5) is 14.2. The van der Waals surface area contributed by atoms with Crippen molar-refractivity contribution in [1.29, 1.82) is 0 Å². The first kappa shape index (κ1) is 16.0. The van der Waals surface area contributed by atoms with E-state index in [1.807, 2.05) is 31.9 Å². The fourth-order valence-corrected chi connectivity index (χ4v) is 2.64. The fourth-order valence-electron chi connectivity index (χ4n) is 2.64. The molecule has 2 rings (SSSR count). The lowest BCUT2D eigenvalue weighted by Crippen LogP contribution is -2.41. The van der Waals surface area contributed by atoms with E-state index in [9.17, 15) is 4.79 Å². The van der Waals surface area contributed by atoms with Crippen LogP contribution in [0.1, 0.15) is 37.4 Å². The topological polar surface area (TPSA) is 46.3 Å². The highest BCUT2D eigenvalue weighted by Gasteiger charge is 2.31. The van der Waals surface area contributed by atoms with Gasteiger partial charge in [-0.25, -0.2) is 0 Å². The van der Waals surface area contributed by atoms with Gasteiger partial charge in [0.05, 0.1) is 12.0 Å². The molecule has 0 radical (unpaired) electrons. The Balaban J connectivity index is 0.00000180. The minimum Gasteiger partial charge on any atom is -0.338 e. The van der Waals surface area contributed by atoms with Gasteiger partial charge in [0.25, 0.3) is 0 Å². The van der Waals surface area contributed by atoms with Gasteiger partial charge >= 0.3 is 0 Å². The monoisotopic (exact) mass is 282 g/mol. The van der Waals surface area contributed by atoms with E-state index < -0.39 is 0 Å². The lowest BCUT2D eigenvalue weighted by molar-refractivity contribution is -0.136. The number of rotatable bonds is 3. The van der Waals surface area contributed by atoms with Gasteiger partial charge in [-0.1, -0.05) is 31.2 Å². The van der Waals surface area contributed by atoms with Crippen LogP contribution < -0.4 is 5.73 Å². The van der Waals surface area contributed by atoms with Gasteiger partial charge in [0.2, 0.25) is 5.91 Å². The van der Waals surface area contributed by atoms with Crippen LogP contribution in [0.15, 0.2) is 24.3 Å². The Hall–Kier alpha value is -1.06. The first-order valence-corrected chi connectivity index (χ1v) is 6.62. The van der Waals surface area contributed by atoms with Crippen LogP contribution in [0.4, 0.5) is 0 Å². The van der Waals surface area contributed by atoms with E-state index in [2.05, 4.69) is 18.2 Å². The number of carbonyl (C=O) groups is 1. The van der Waals surface area contributed by atoms with Gasteiger partial charge in [0, 0.05) is 13.1 Å². The van der Waals surface area contributed by atoms with E-state index in [1.165, 1.54) is 11.1 Å². The number of nitrogens with zero attached hydrogens (tertiary/aromatic N) is 1. The molecule has 0 bridgehead atoms. The number of nitrogens with two attached hydrogens (primary N) is 1. The number of halogens is 1. The van der Waals surface area contributed by atoms with Crippen molar-refractivity contribution in [2.24, 2.45) is 11.7 Å². The molecule has 19 heavy (non-hydrogen) atoms. The van der Waals surface area contributed by atoms with Crippen molar-refractivity contribution in [3.63, 3.8) is 0 Å². The van der Waals surface area contributed by atoms with Crippen molar-refractivity contribution in [2.75, 3.05) is 7.05 Å². The third-order valence-corrected chi connectivity index (χ3v) is 4.09. The van der Waals surface area contributed by atoms with Crippen LogP contribution in [0.3, 0.4) is 0 Å². The van der Waals surface area contributed by atoms with E-state index in [4.69, 9.17) is 5.73 Å². The number of carbonyl (C=O) groups excluding carboxylic acids is 1. The predicted octanol–water partition coefficient (Wildman–Crippen LogP) is 2.54. The molecular weight excluding hydrogens is 260 g/mol. The SMILES string of the molecule is CC(N)C(C)C(=O)N(C)C1CCc2ccccc21.Cl. The summed E-state index contributed by atoms with van der Waals surface area (Å²) >= 11 is 0. The molecule has 3 atom stereocenters. The normalized spacial score (nSPS) is 20.1. The third-order valence-electron chi connectivity index (χ3n) is 4.09. The molecular formula is C15H23ClN2O. The second-order valence-corrected chi connectivity index (χ2v) is 5.35. The third kappa shape index (κ3) is 3.10. The molecule has 2 N–H and O–H groups in total. The maximum absolute atomic E-state index is 12.3. The highest BCUT2D eigenvalue weighted by atomic mass is 35.5. The minimum absolute atomic E-state index is 0. The molecule has 0 fully saturated rings. The standard InChI is InChI=1S/C15H22N2O.ClH/c1-10(11(2)16)15(18)17(3)14-9-8-12-6-4-5-7-13(12)14;/h4-7,10-11,14H,8-9,16H2,1-3H3;1H. The van der Waals surface area contributed by atoms with Crippen LogP contribution in [-0.2, 0) is 11.2 Å². The average Bonchev–Trinajstić information content (AvgIpc) is 2.79. The Morgan fingerprint density at radius 1 is 1.37 bits per heavy atom. The zero-order valence-electron chi connectivity index (χ0n) is 11.8. The van der Waals surface area contributed by atoms with E-state index in [-0.39, 0.29) is 36.3 Å². The largest absolute Gasteiger partial charge is 0.338 e. The molecule has 1 amide bonds. The Bertz CT molecular complexity index is 448. The van der Waals surface area contributed by atoms with Crippen LogP contribution >= 0.6 is 12.4 Å². The summed E-state index contributed by atoms with van der Waals surface area (Å²) in [6.45, 7) is 3.79. The zero-order valence-corrected chi connectivity index (χ0v) is 12.6. The Labute approximate surface area is 121 Å². The zero-order chi connectivity index (χ0) is 13.3. The van der Waals surface area contributed by atoms with Crippen molar-refractivity contribution in [2.45, 2.75) is 38.8 Å². The summed E-state index contributed by atoms with van der Waals surface area (Å²) in [7, 11) is 1.90. The average molecular weight is 283 g/mol. The first-order chi connectivity index (χ1) is 8.52. The molecule has 4 heteroatoms. The highest BCUT2D eigenvalue weighted by molar-refractivity contribution is 5.85. The molecule has 0 aromatic heterocycles. The van der Waals surface area contributed by atoms with Crippen molar-refractivity contribution >= 4 is 18.3 Å². The molecule has 3 unspecified atom stereocenters. The molecule has 1 aliphatic rings. The van der Waals surface area contributed by atoms with Crippen molar-refractivity contribution in [3.8, 4) is 0 Å². The minimum atomic E-state index is -0.122. The lowest BCUT2D eigenvalue weighted by Gasteiger charge is -2.29. The van der Waals surface area contributed by atoms with Gasteiger partial charge in [0.15, 0.2) is 0 Å². The molecule has 0 aliphatic heterocycles. The van der Waals surface area contributed by atoms with Gasteiger partial charge in [-0.15, -0.1) is 12.4 Å². The molecule has 1 aliphatic carbocycles. The van der Waals surface area contributed by atoms with Crippen molar-refractivity contribution in [1.82, 2.24) is 4.90 Å². The first-order valence-electron chi connectivity index (χ1n) is 6.62. The molecule has 106 valence electrons. The number of amides is 1. The summed E-state index contributed by atoms with van der Waals surface area (Å²) in [5.74, 6) is 0.0227. The van der Waals surface area contributed by atoms with Gasteiger partial charge < -0.3 is 10.6 Å². The summed E-state index contributed by atoms with van der Waals surface area (Å²) in [5.41, 5.74) is 8.49. The van der Waals surface area contributed by atoms with Gasteiger partial charge in [0.1, 0.15) is 0 Å². The summed E-state index contributed by atoms with van der Waals surface area (Å²) in [6, 6.07) is 8.51. The summed E-state index contributed by atoms with van der Waals surface area (Å²) in [5, 5.41) is 0. The van der Waals surface area contributed by atoms with Crippen LogP contribution in [0, 0.1) is 5.92 Å². The predicted molar refractivity (Wildman–Crippen MR) is 80.3 cm³/mol. The Morgan fingerprint density at radius 2 is 2.00 bits per heavy atom. The molecule has 0 saturated carbocycles. The van der Waals surface area contributed by atoms with Crippen molar-refractivity contribution < 1.29 is 4.79 Å². The number of hydrogen-bond acceptors (Lipinski definition) is 2. The van der Waals surface area contributed by atoms with E-state index in [0.717, 1.165) is 12.8 Å². The van der Waals surface area contributed by atoms with Crippen LogP contribution in [0.25, 0.3) is 0 Å². The second kappa shape index (κ2) is 6.40. The summed E-state index contributed by atoms with van der Waals surface area (Å²) in [6.07, 6.45) is 2.08. The molecule has 3 nitrogen and oxygen atoms in total. The lowest BCUT2D eigenvalue weighted by atomic mass is 10.0. The quantitative estimate of drug-likeness (QED) is 0.926. The van der Waals surface area contributed by atoms with Crippen LogP contribution in [0.2, 0.25) is 0 Å². The van der Waals surface area contributed by atoms with Gasteiger partial charge in [-0.2, -0.15) is 0 Å². The molecule has 0 heterocycles. The van der Waals surface area contributed by atoms with Crippen LogP contribution in [-0.4, -0.2) is 23.9 Å². The molecule has 1 aromatic carbocycles. The number of aryl methyl sites for hydroxylation is 1.